The Bertz CT molecular complexity index is 460. The molecule has 0 radical (unpaired) electrons. The molecule has 3 N–H and O–H groups in total. The van der Waals surface area contributed by atoms with Gasteiger partial charge in [0.15, 0.2) is 0 Å². The second-order valence-corrected chi connectivity index (χ2v) is 5.79. The summed E-state index contributed by atoms with van der Waals surface area (Å²) in [5, 5.41) is 7.36. The number of amidine groups is 1. The molecule has 1 aliphatic heterocycles. The molecule has 1 unspecified atom stereocenters. The van der Waals surface area contributed by atoms with E-state index < -0.39 is 0 Å². The molecular weight excluding hydrogens is 264 g/mol. The highest BCUT2D eigenvalue weighted by atomic mass is 16.5. The van der Waals surface area contributed by atoms with E-state index >= 15 is 0 Å². The SMILES string of the molecule is CC1CN(C)CCCN1CCOc1ccc(C(=N)N)cc1. The van der Waals surface area contributed by atoms with Crippen molar-refractivity contribution in [1.82, 2.24) is 9.80 Å². The molecule has 0 amide bonds. The van der Waals surface area contributed by atoms with Crippen molar-refractivity contribution in [2.45, 2.75) is 19.4 Å². The van der Waals surface area contributed by atoms with Gasteiger partial charge in [-0.15, -0.1) is 0 Å². The molecule has 116 valence electrons. The van der Waals surface area contributed by atoms with Crippen LogP contribution in [0.3, 0.4) is 0 Å². The van der Waals surface area contributed by atoms with Crippen LogP contribution < -0.4 is 10.5 Å². The number of benzene rings is 1. The molecule has 0 spiro atoms. The molecule has 1 atom stereocenters. The van der Waals surface area contributed by atoms with Crippen LogP contribution in [0, 0.1) is 5.41 Å². The van der Waals surface area contributed by atoms with Crippen molar-refractivity contribution < 1.29 is 4.74 Å². The normalized spacial score (nSPS) is 21.0. The van der Waals surface area contributed by atoms with Crippen LogP contribution in [-0.2, 0) is 0 Å². The van der Waals surface area contributed by atoms with E-state index in [1.807, 2.05) is 24.3 Å². The molecule has 5 nitrogen and oxygen atoms in total. The van der Waals surface area contributed by atoms with E-state index in [9.17, 15) is 0 Å². The van der Waals surface area contributed by atoms with Crippen LogP contribution in [0.25, 0.3) is 0 Å². The van der Waals surface area contributed by atoms with Gasteiger partial charge in [-0.1, -0.05) is 0 Å². The van der Waals surface area contributed by atoms with Gasteiger partial charge < -0.3 is 15.4 Å². The number of nitrogens with zero attached hydrogens (tertiary/aromatic N) is 2. The van der Waals surface area contributed by atoms with Gasteiger partial charge in [-0.25, -0.2) is 0 Å². The molecule has 1 heterocycles. The number of nitrogens with two attached hydrogens (primary N) is 1. The summed E-state index contributed by atoms with van der Waals surface area (Å²) in [5.41, 5.74) is 6.16. The number of nitrogens with one attached hydrogen (secondary N) is 1. The molecule has 2 rings (SSSR count). The zero-order valence-electron chi connectivity index (χ0n) is 13.0. The minimum Gasteiger partial charge on any atom is -0.492 e. The molecule has 1 aromatic carbocycles. The quantitative estimate of drug-likeness (QED) is 0.635. The first-order valence-electron chi connectivity index (χ1n) is 7.56. The highest BCUT2D eigenvalue weighted by molar-refractivity contribution is 5.94. The maximum Gasteiger partial charge on any atom is 0.122 e. The van der Waals surface area contributed by atoms with Crippen LogP contribution in [0.2, 0.25) is 0 Å². The third-order valence-electron chi connectivity index (χ3n) is 4.00. The minimum atomic E-state index is 0.0871. The largest absolute Gasteiger partial charge is 0.492 e. The van der Waals surface area contributed by atoms with Crippen LogP contribution in [0.1, 0.15) is 18.9 Å². The van der Waals surface area contributed by atoms with Crippen LogP contribution in [0.15, 0.2) is 24.3 Å². The molecule has 1 aromatic rings. The first-order chi connectivity index (χ1) is 10.1. The smallest absolute Gasteiger partial charge is 0.122 e. The standard InChI is InChI=1S/C16H26N4O/c1-13-12-19(2)8-3-9-20(13)10-11-21-15-6-4-14(5-7-15)16(17)18/h4-7,13H,3,8-12H2,1-2H3,(H3,17,18). The van der Waals surface area contributed by atoms with E-state index in [2.05, 4.69) is 23.8 Å². The summed E-state index contributed by atoms with van der Waals surface area (Å²) in [6.07, 6.45) is 1.22. The summed E-state index contributed by atoms with van der Waals surface area (Å²) in [5.74, 6) is 0.920. The van der Waals surface area contributed by atoms with Crippen LogP contribution in [0.5, 0.6) is 5.75 Å². The number of hydrogen-bond donors (Lipinski definition) is 2. The third-order valence-corrected chi connectivity index (χ3v) is 4.00. The second-order valence-electron chi connectivity index (χ2n) is 5.79. The second kappa shape index (κ2) is 7.43. The molecular formula is C16H26N4O. The van der Waals surface area contributed by atoms with Gasteiger partial charge in [-0.05, 0) is 57.7 Å². The first-order valence-corrected chi connectivity index (χ1v) is 7.56. The molecule has 0 bridgehead atoms. The van der Waals surface area contributed by atoms with Crippen molar-refractivity contribution in [2.24, 2.45) is 5.73 Å². The van der Waals surface area contributed by atoms with E-state index in [1.54, 1.807) is 0 Å². The highest BCUT2D eigenvalue weighted by Crippen LogP contribution is 2.13. The lowest BCUT2D eigenvalue weighted by Crippen LogP contribution is -2.40. The maximum absolute atomic E-state index is 7.36. The van der Waals surface area contributed by atoms with Gasteiger partial charge in [0.25, 0.3) is 0 Å². The minimum absolute atomic E-state index is 0.0871. The highest BCUT2D eigenvalue weighted by Gasteiger charge is 2.19. The van der Waals surface area contributed by atoms with Gasteiger partial charge in [0.1, 0.15) is 18.2 Å². The Kier molecular flexibility index (Phi) is 5.59. The zero-order chi connectivity index (χ0) is 15.2. The Labute approximate surface area is 127 Å². The summed E-state index contributed by atoms with van der Waals surface area (Å²) in [6.45, 7) is 7.35. The van der Waals surface area contributed by atoms with Crippen molar-refractivity contribution in [1.29, 1.82) is 5.41 Å². The van der Waals surface area contributed by atoms with Crippen molar-refractivity contribution in [3.63, 3.8) is 0 Å². The first kappa shape index (κ1) is 15.8. The van der Waals surface area contributed by atoms with E-state index in [0.717, 1.165) is 30.9 Å². The fraction of sp³-hybridized carbons (Fsp3) is 0.562. The number of ether oxygens (including phenoxy) is 1. The van der Waals surface area contributed by atoms with E-state index in [4.69, 9.17) is 15.9 Å². The van der Waals surface area contributed by atoms with Crippen LogP contribution >= 0.6 is 0 Å². The topological polar surface area (TPSA) is 65.6 Å². The summed E-state index contributed by atoms with van der Waals surface area (Å²) in [6, 6.07) is 7.95. The monoisotopic (exact) mass is 290 g/mol. The van der Waals surface area contributed by atoms with Crippen molar-refractivity contribution in [3.05, 3.63) is 29.8 Å². The number of nitrogen functional groups attached to an aromatic ring is 1. The Morgan fingerprint density at radius 2 is 2.05 bits per heavy atom. The average Bonchev–Trinajstić information content (AvgIpc) is 2.60. The molecule has 5 heteroatoms. The number of likely N-dealkylation sites (N-methyl/N-ethyl adjacent to an activating group) is 1. The maximum atomic E-state index is 7.36. The zero-order valence-corrected chi connectivity index (χ0v) is 13.0. The fourth-order valence-electron chi connectivity index (χ4n) is 2.77. The lowest BCUT2D eigenvalue weighted by Gasteiger charge is -2.27. The van der Waals surface area contributed by atoms with Gasteiger partial charge in [0, 0.05) is 24.7 Å². The van der Waals surface area contributed by atoms with Crippen molar-refractivity contribution in [3.8, 4) is 5.75 Å². The third kappa shape index (κ3) is 4.72. The summed E-state index contributed by atoms with van der Waals surface area (Å²) in [7, 11) is 2.19. The lowest BCUT2D eigenvalue weighted by atomic mass is 10.2. The molecule has 21 heavy (non-hydrogen) atoms. The van der Waals surface area contributed by atoms with E-state index in [-0.39, 0.29) is 5.84 Å². The Balaban J connectivity index is 1.79. The molecule has 0 saturated carbocycles. The molecule has 1 saturated heterocycles. The van der Waals surface area contributed by atoms with Crippen LogP contribution in [0.4, 0.5) is 0 Å². The predicted molar refractivity (Wildman–Crippen MR) is 86.1 cm³/mol. The average molecular weight is 290 g/mol. The fourth-order valence-corrected chi connectivity index (χ4v) is 2.77. The van der Waals surface area contributed by atoms with Gasteiger partial charge in [-0.2, -0.15) is 0 Å². The molecule has 0 aliphatic carbocycles. The van der Waals surface area contributed by atoms with Crippen molar-refractivity contribution in [2.75, 3.05) is 39.8 Å². The summed E-state index contributed by atoms with van der Waals surface area (Å²) >= 11 is 0. The van der Waals surface area contributed by atoms with Gasteiger partial charge in [0.2, 0.25) is 0 Å². The Hall–Kier alpha value is -1.59. The Morgan fingerprint density at radius 1 is 1.33 bits per heavy atom. The van der Waals surface area contributed by atoms with Crippen molar-refractivity contribution >= 4 is 5.84 Å². The van der Waals surface area contributed by atoms with Gasteiger partial charge >= 0.3 is 0 Å². The van der Waals surface area contributed by atoms with Crippen LogP contribution in [-0.4, -0.2) is 61.5 Å². The lowest BCUT2D eigenvalue weighted by molar-refractivity contribution is 0.166. The predicted octanol–water partition coefficient (Wildman–Crippen LogP) is 1.38. The molecule has 1 aliphatic rings. The Morgan fingerprint density at radius 3 is 2.71 bits per heavy atom. The van der Waals surface area contributed by atoms with Gasteiger partial charge in [-0.3, -0.25) is 10.3 Å². The summed E-state index contributed by atoms with van der Waals surface area (Å²) in [4.78, 5) is 4.89. The van der Waals surface area contributed by atoms with Gasteiger partial charge in [0.05, 0.1) is 0 Å². The van der Waals surface area contributed by atoms with E-state index in [0.29, 0.717) is 12.6 Å². The molecule has 1 fully saturated rings. The molecule has 0 aromatic heterocycles. The number of rotatable bonds is 5. The van der Waals surface area contributed by atoms with E-state index in [1.165, 1.54) is 13.0 Å². The number of hydrogen-bond acceptors (Lipinski definition) is 4. The summed E-state index contributed by atoms with van der Waals surface area (Å²) < 4.78 is 5.79.